The summed E-state index contributed by atoms with van der Waals surface area (Å²) >= 11 is 1.31. The lowest BCUT2D eigenvalue weighted by molar-refractivity contribution is 0.103. The molecule has 1 aromatic heterocycles. The van der Waals surface area contributed by atoms with Crippen molar-refractivity contribution in [2.75, 3.05) is 11.9 Å². The van der Waals surface area contributed by atoms with E-state index in [0.717, 1.165) is 24.1 Å². The second-order valence-corrected chi connectivity index (χ2v) is 4.73. The van der Waals surface area contributed by atoms with E-state index in [1.165, 1.54) is 11.3 Å². The van der Waals surface area contributed by atoms with Crippen LogP contribution in [0, 0.1) is 0 Å². The molecule has 0 aliphatic heterocycles. The number of hydrogen-bond acceptors (Lipinski definition) is 4. The van der Waals surface area contributed by atoms with E-state index < -0.39 is 0 Å². The average Bonchev–Trinajstić information content (AvgIpc) is 2.91. The van der Waals surface area contributed by atoms with Crippen LogP contribution in [0.2, 0.25) is 0 Å². The first-order chi connectivity index (χ1) is 8.79. The Morgan fingerprint density at radius 3 is 3.06 bits per heavy atom. The van der Waals surface area contributed by atoms with Gasteiger partial charge in [0.25, 0.3) is 5.91 Å². The maximum Gasteiger partial charge on any atom is 0.267 e. The minimum atomic E-state index is -0.142. The highest BCUT2D eigenvalue weighted by Gasteiger charge is 2.07. The van der Waals surface area contributed by atoms with Gasteiger partial charge in [0.1, 0.15) is 4.88 Å². The predicted octanol–water partition coefficient (Wildman–Crippen LogP) is 2.32. The molecule has 0 aliphatic carbocycles. The number of aryl methyl sites for hydroxylation is 1. The van der Waals surface area contributed by atoms with E-state index in [1.54, 1.807) is 11.7 Å². The van der Waals surface area contributed by atoms with Crippen LogP contribution in [0.25, 0.3) is 0 Å². The third-order valence-electron chi connectivity index (χ3n) is 2.46. The van der Waals surface area contributed by atoms with Gasteiger partial charge in [-0.05, 0) is 30.5 Å². The number of nitrogens with one attached hydrogen (secondary N) is 1. The highest BCUT2D eigenvalue weighted by atomic mass is 32.1. The Morgan fingerprint density at radius 2 is 2.33 bits per heavy atom. The van der Waals surface area contributed by atoms with Crippen molar-refractivity contribution in [2.24, 2.45) is 0 Å². The monoisotopic (exact) mass is 262 g/mol. The SMILES string of the molecule is O=C(Nc1cccc(CCCO)c1)c1cncs1. The topological polar surface area (TPSA) is 62.2 Å². The van der Waals surface area contributed by atoms with Gasteiger partial charge in [0, 0.05) is 12.3 Å². The Balaban J connectivity index is 2.03. The first kappa shape index (κ1) is 12.7. The van der Waals surface area contributed by atoms with Gasteiger partial charge in [-0.15, -0.1) is 11.3 Å². The van der Waals surface area contributed by atoms with Gasteiger partial charge in [0.2, 0.25) is 0 Å². The Bertz CT molecular complexity index is 511. The molecule has 94 valence electrons. The third kappa shape index (κ3) is 3.38. The highest BCUT2D eigenvalue weighted by molar-refractivity contribution is 7.11. The van der Waals surface area contributed by atoms with E-state index in [4.69, 9.17) is 5.11 Å². The van der Waals surface area contributed by atoms with Crippen LogP contribution < -0.4 is 5.32 Å². The fraction of sp³-hybridized carbons (Fsp3) is 0.231. The number of nitrogens with zero attached hydrogens (tertiary/aromatic N) is 1. The zero-order valence-corrected chi connectivity index (χ0v) is 10.6. The van der Waals surface area contributed by atoms with E-state index in [2.05, 4.69) is 10.3 Å². The number of rotatable bonds is 5. The van der Waals surface area contributed by atoms with Crippen molar-refractivity contribution in [1.29, 1.82) is 0 Å². The molecule has 0 saturated carbocycles. The van der Waals surface area contributed by atoms with Gasteiger partial charge in [-0.2, -0.15) is 0 Å². The molecule has 1 heterocycles. The maximum atomic E-state index is 11.8. The number of thiazole rings is 1. The molecule has 0 aliphatic rings. The Kier molecular flexibility index (Phi) is 4.44. The first-order valence-electron chi connectivity index (χ1n) is 5.69. The second kappa shape index (κ2) is 6.28. The molecule has 0 unspecified atom stereocenters. The summed E-state index contributed by atoms with van der Waals surface area (Å²) in [6.07, 6.45) is 3.09. The van der Waals surface area contributed by atoms with Crippen LogP contribution in [0.1, 0.15) is 21.7 Å². The minimum Gasteiger partial charge on any atom is -0.396 e. The predicted molar refractivity (Wildman–Crippen MR) is 71.9 cm³/mol. The van der Waals surface area contributed by atoms with Crippen LogP contribution in [0.4, 0.5) is 5.69 Å². The van der Waals surface area contributed by atoms with Crippen LogP contribution in [0.15, 0.2) is 36.0 Å². The number of benzene rings is 1. The van der Waals surface area contributed by atoms with E-state index in [1.807, 2.05) is 24.3 Å². The molecule has 0 spiro atoms. The van der Waals surface area contributed by atoms with Gasteiger partial charge in [-0.3, -0.25) is 9.78 Å². The summed E-state index contributed by atoms with van der Waals surface area (Å²) in [5.41, 5.74) is 3.50. The van der Waals surface area contributed by atoms with Crippen molar-refractivity contribution in [1.82, 2.24) is 4.98 Å². The number of anilines is 1. The van der Waals surface area contributed by atoms with E-state index in [-0.39, 0.29) is 12.5 Å². The molecular weight excluding hydrogens is 248 g/mol. The normalized spacial score (nSPS) is 10.3. The molecule has 2 N–H and O–H groups in total. The third-order valence-corrected chi connectivity index (χ3v) is 3.24. The van der Waals surface area contributed by atoms with Crippen molar-refractivity contribution in [3.05, 3.63) is 46.4 Å². The van der Waals surface area contributed by atoms with Gasteiger partial charge in [0.15, 0.2) is 0 Å². The number of carbonyl (C=O) groups excluding carboxylic acids is 1. The lowest BCUT2D eigenvalue weighted by atomic mass is 10.1. The number of aliphatic hydroxyl groups is 1. The van der Waals surface area contributed by atoms with Crippen LogP contribution in [0.5, 0.6) is 0 Å². The summed E-state index contributed by atoms with van der Waals surface area (Å²) in [5, 5.41) is 11.6. The first-order valence-corrected chi connectivity index (χ1v) is 6.57. The summed E-state index contributed by atoms with van der Waals surface area (Å²) in [7, 11) is 0. The van der Waals surface area contributed by atoms with E-state index >= 15 is 0 Å². The molecule has 0 saturated heterocycles. The summed E-state index contributed by atoms with van der Waals surface area (Å²) in [6.45, 7) is 0.178. The zero-order valence-electron chi connectivity index (χ0n) is 9.80. The molecule has 5 heteroatoms. The van der Waals surface area contributed by atoms with Gasteiger partial charge in [-0.1, -0.05) is 12.1 Å². The molecule has 2 rings (SSSR count). The number of aromatic nitrogens is 1. The van der Waals surface area contributed by atoms with Crippen molar-refractivity contribution in [3.63, 3.8) is 0 Å². The molecule has 0 radical (unpaired) electrons. The molecule has 18 heavy (non-hydrogen) atoms. The highest BCUT2D eigenvalue weighted by Crippen LogP contribution is 2.14. The van der Waals surface area contributed by atoms with Gasteiger partial charge >= 0.3 is 0 Å². The summed E-state index contributed by atoms with van der Waals surface area (Å²) in [5.74, 6) is -0.142. The smallest absolute Gasteiger partial charge is 0.267 e. The Labute approximate surface area is 109 Å². The fourth-order valence-corrected chi connectivity index (χ4v) is 2.12. The number of carbonyl (C=O) groups is 1. The largest absolute Gasteiger partial charge is 0.396 e. The molecule has 0 fully saturated rings. The molecule has 1 aromatic carbocycles. The van der Waals surface area contributed by atoms with Crippen LogP contribution in [0.3, 0.4) is 0 Å². The summed E-state index contributed by atoms with van der Waals surface area (Å²) in [4.78, 5) is 16.3. The Morgan fingerprint density at radius 1 is 1.44 bits per heavy atom. The van der Waals surface area contributed by atoms with Crippen molar-refractivity contribution < 1.29 is 9.90 Å². The molecule has 4 nitrogen and oxygen atoms in total. The molecular formula is C13H14N2O2S. The van der Waals surface area contributed by atoms with Crippen LogP contribution in [-0.4, -0.2) is 22.6 Å². The fourth-order valence-electron chi connectivity index (χ4n) is 1.61. The van der Waals surface area contributed by atoms with Crippen molar-refractivity contribution in [2.45, 2.75) is 12.8 Å². The number of amides is 1. The maximum absolute atomic E-state index is 11.8. The van der Waals surface area contributed by atoms with Gasteiger partial charge in [0.05, 0.1) is 11.7 Å². The number of hydrogen-bond donors (Lipinski definition) is 2. The molecule has 2 aromatic rings. The van der Waals surface area contributed by atoms with E-state index in [9.17, 15) is 4.79 Å². The lowest BCUT2D eigenvalue weighted by Gasteiger charge is -2.06. The second-order valence-electron chi connectivity index (χ2n) is 3.85. The minimum absolute atomic E-state index is 0.142. The standard InChI is InChI=1S/C13H14N2O2S/c16-6-2-4-10-3-1-5-11(7-10)15-13(17)12-8-14-9-18-12/h1,3,5,7-9,16H,2,4,6H2,(H,15,17). The van der Waals surface area contributed by atoms with Gasteiger partial charge in [-0.25, -0.2) is 0 Å². The molecule has 0 bridgehead atoms. The molecule has 1 amide bonds. The Hall–Kier alpha value is -1.72. The van der Waals surface area contributed by atoms with E-state index in [0.29, 0.717) is 4.88 Å². The van der Waals surface area contributed by atoms with Gasteiger partial charge < -0.3 is 10.4 Å². The quantitative estimate of drug-likeness (QED) is 0.869. The zero-order chi connectivity index (χ0) is 12.8. The summed E-state index contributed by atoms with van der Waals surface area (Å²) in [6, 6.07) is 7.66. The van der Waals surface area contributed by atoms with Crippen molar-refractivity contribution in [3.8, 4) is 0 Å². The molecule has 0 atom stereocenters. The summed E-state index contributed by atoms with van der Waals surface area (Å²) < 4.78 is 0. The lowest BCUT2D eigenvalue weighted by Crippen LogP contribution is -2.10. The number of aliphatic hydroxyl groups excluding tert-OH is 1. The van der Waals surface area contributed by atoms with Crippen LogP contribution in [-0.2, 0) is 6.42 Å². The average molecular weight is 262 g/mol. The van der Waals surface area contributed by atoms with Crippen molar-refractivity contribution >= 4 is 22.9 Å². The van der Waals surface area contributed by atoms with Crippen LogP contribution >= 0.6 is 11.3 Å².